The lowest BCUT2D eigenvalue weighted by Crippen LogP contribution is -2.54. The summed E-state index contributed by atoms with van der Waals surface area (Å²) < 4.78 is 185. The Hall–Kier alpha value is -8.58. The summed E-state index contributed by atoms with van der Waals surface area (Å²) in [5.41, 5.74) is 12.1. The number of thiol groups is 2. The summed E-state index contributed by atoms with van der Waals surface area (Å²) in [6.07, 6.45) is -10.3. The van der Waals surface area contributed by atoms with Crippen LogP contribution < -0.4 is 42.8 Å². The molecule has 0 spiro atoms. The van der Waals surface area contributed by atoms with Crippen molar-refractivity contribution in [2.75, 3.05) is 62.5 Å². The number of aromatic nitrogens is 8. The third-order valence-corrected chi connectivity index (χ3v) is 19.3. The molecule has 7 amide bonds. The number of carbonyl (C=O) groups excluding carboxylic acids is 7. The first-order valence-corrected chi connectivity index (χ1v) is 36.5. The highest BCUT2D eigenvalue weighted by molar-refractivity contribution is 8.44. The lowest BCUT2D eigenvalue weighted by molar-refractivity contribution is -0.136. The first-order chi connectivity index (χ1) is 48.9. The van der Waals surface area contributed by atoms with Gasteiger partial charge in [0.15, 0.2) is 40.8 Å². The number of benzene rings is 2. The second-order valence-corrected chi connectivity index (χ2v) is 29.4. The minimum Gasteiger partial charge on any atom is -0.447 e. The molecule has 0 radical (unpaired) electrons. The number of likely N-dealkylation sites (tertiary alicyclic amines) is 1. The van der Waals surface area contributed by atoms with Gasteiger partial charge in [0, 0.05) is 31.5 Å². The van der Waals surface area contributed by atoms with Crippen LogP contribution in [-0.2, 0) is 76.7 Å². The van der Waals surface area contributed by atoms with E-state index in [2.05, 4.69) is 85.7 Å². The molecule has 8 heterocycles. The highest BCUT2D eigenvalue weighted by Gasteiger charge is 2.53. The molecule has 4 fully saturated rings. The van der Waals surface area contributed by atoms with Crippen LogP contribution in [0.2, 0.25) is 0 Å². The Morgan fingerprint density at radius 2 is 1.39 bits per heavy atom. The minimum atomic E-state index is -4.46. The number of ether oxygens (including phenoxy) is 6. The predicted molar refractivity (Wildman–Crippen MR) is 345 cm³/mol. The van der Waals surface area contributed by atoms with Crippen molar-refractivity contribution in [2.24, 2.45) is 11.7 Å². The Morgan fingerprint density at radius 3 is 2.10 bits per heavy atom. The zero-order valence-corrected chi connectivity index (χ0v) is 57.4. The van der Waals surface area contributed by atoms with E-state index < -0.39 is 209 Å². The van der Waals surface area contributed by atoms with Gasteiger partial charge in [-0.1, -0.05) is 50.5 Å². The molecular formula is C57H65F7N16O19P2S2. The van der Waals surface area contributed by atoms with E-state index in [9.17, 15) is 69.0 Å². The van der Waals surface area contributed by atoms with Crippen molar-refractivity contribution in [1.29, 1.82) is 0 Å². The Kier molecular flexibility index (Phi) is 25.0. The maximum absolute atomic E-state index is 16.3. The summed E-state index contributed by atoms with van der Waals surface area (Å²) in [7, 11) is 0. The zero-order valence-electron chi connectivity index (χ0n) is 53.8. The van der Waals surface area contributed by atoms with Gasteiger partial charge >= 0.3 is 37.8 Å². The molecule has 4 saturated heterocycles. The molecule has 2 aromatic carbocycles. The van der Waals surface area contributed by atoms with E-state index in [4.69, 9.17) is 53.2 Å². The smallest absolute Gasteiger partial charge is 0.412 e. The fourth-order valence-corrected chi connectivity index (χ4v) is 14.0. The van der Waals surface area contributed by atoms with Gasteiger partial charge < -0.3 is 61.2 Å². The number of nitrogen functional groups attached to an aromatic ring is 1. The number of halogens is 7. The first-order valence-electron chi connectivity index (χ1n) is 31.2. The van der Waals surface area contributed by atoms with E-state index >= 15 is 4.39 Å². The van der Waals surface area contributed by atoms with E-state index in [1.807, 2.05) is 0 Å². The number of anilines is 3. The molecule has 6 aromatic rings. The Morgan fingerprint density at radius 1 is 0.738 bits per heavy atom. The van der Waals surface area contributed by atoms with Crippen molar-refractivity contribution in [2.45, 2.75) is 126 Å². The van der Waals surface area contributed by atoms with Gasteiger partial charge in [-0.05, 0) is 36.5 Å². The standard InChI is InChI=1S/C57H65F7N16O19P2S2/c1-25(2)43(76-34(81)9-12-90-13-10-36(82)97-47-40(62)38(60)37(59)39(61)41(47)63)53(84)75-30(4-3-11-67-55(66)85)52(83)74-28-7-5-26(6-8-28)17-92-57(87)78-16-27(58)14-29(78)18-91-56(86)77-49-45-51(71-22-69-49)79(23-73-45)35-15-31-32(95-35)19-93-101(89,103)99-46-33(20-94-100(88,102)98-31)96-54(42(46)64)80-24-72-44-48(65)68-21-70-50(44)80/h5-8,21-25,27,29-33,35,42-43,46,54H,3-4,9-20H2,1-2H3,(H,74,83)(H,75,84)(H,76,81)(H,88,102)(H,89,103)(H2,65,68,70)(H3,66,67,85)(H,69,71,77,86)/t27-,29-,30-,31-,32+,33+,35+,42+,43-,46+,54+,100+,101-/m0/s1. The molecule has 10 rings (SSSR count). The van der Waals surface area contributed by atoms with Crippen LogP contribution in [0.5, 0.6) is 5.75 Å². The van der Waals surface area contributed by atoms with E-state index in [0.717, 1.165) is 17.6 Å². The maximum Gasteiger partial charge on any atom is 0.412 e. The number of nitrogens with zero attached hydrogens (tertiary/aromatic N) is 9. The van der Waals surface area contributed by atoms with E-state index in [-0.39, 0.29) is 85.1 Å². The number of carbonyl (C=O) groups is 7. The van der Waals surface area contributed by atoms with Crippen molar-refractivity contribution in [1.82, 2.24) is 59.9 Å². The fourth-order valence-electron chi connectivity index (χ4n) is 11.0. The van der Waals surface area contributed by atoms with Gasteiger partial charge in [-0.3, -0.25) is 56.6 Å². The first kappa shape index (κ1) is 77.0. The van der Waals surface area contributed by atoms with Crippen molar-refractivity contribution >= 4 is 120 Å². The summed E-state index contributed by atoms with van der Waals surface area (Å²) in [6.45, 7) is -9.00. The monoisotopic (exact) mass is 1540 g/mol. The topological polar surface area (TPSA) is 449 Å². The van der Waals surface area contributed by atoms with E-state index in [1.165, 1.54) is 46.1 Å². The van der Waals surface area contributed by atoms with Crippen LogP contribution in [0.3, 0.4) is 0 Å². The number of primary amides is 1. The summed E-state index contributed by atoms with van der Waals surface area (Å²) in [5.74, 6) is -18.0. The summed E-state index contributed by atoms with van der Waals surface area (Å²) in [4.78, 5) is 116. The number of hydrogen-bond donors (Lipinski definition) is 9. The third kappa shape index (κ3) is 19.1. The molecule has 0 aliphatic carbocycles. The lowest BCUT2D eigenvalue weighted by atomic mass is 10.0. The van der Waals surface area contributed by atoms with Gasteiger partial charge in [-0.25, -0.2) is 75.4 Å². The van der Waals surface area contributed by atoms with Crippen LogP contribution >= 0.6 is 38.1 Å². The number of hydrogen-bond acceptors (Lipinski definition) is 26. The summed E-state index contributed by atoms with van der Waals surface area (Å²) >= 11 is 8.27. The maximum atomic E-state index is 16.3. The van der Waals surface area contributed by atoms with Crippen molar-refractivity contribution in [3.05, 3.63) is 84.2 Å². The largest absolute Gasteiger partial charge is 0.447 e. The minimum absolute atomic E-state index is 0.00904. The average molecular weight is 1540 g/mol. The molecule has 0 unspecified atom stereocenters. The normalized spacial score (nSPS) is 24.8. The van der Waals surface area contributed by atoms with Gasteiger partial charge in [-0.15, -0.1) is 0 Å². The molecule has 4 aliphatic heterocycles. The average Bonchev–Trinajstić information content (AvgIpc) is 1.69. The lowest BCUT2D eigenvalue weighted by Gasteiger charge is -2.27. The highest BCUT2D eigenvalue weighted by Crippen LogP contribution is 2.60. The van der Waals surface area contributed by atoms with Gasteiger partial charge in [0.2, 0.25) is 52.6 Å². The molecular weight excluding hydrogens is 1470 g/mol. The van der Waals surface area contributed by atoms with Crippen molar-refractivity contribution in [3.8, 4) is 5.75 Å². The number of amides is 7. The van der Waals surface area contributed by atoms with Gasteiger partial charge in [0.05, 0.1) is 58.1 Å². The third-order valence-electron chi connectivity index (χ3n) is 16.1. The number of urea groups is 1. The van der Waals surface area contributed by atoms with Gasteiger partial charge in [0.25, 0.3) is 0 Å². The molecule has 35 nitrogen and oxygen atoms in total. The van der Waals surface area contributed by atoms with Crippen LogP contribution in [0.4, 0.5) is 62.4 Å². The number of nitrogens with one attached hydrogen (secondary N) is 5. The van der Waals surface area contributed by atoms with Gasteiger partial charge in [0.1, 0.15) is 80.3 Å². The van der Waals surface area contributed by atoms with Gasteiger partial charge in [-0.2, -0.15) is 8.78 Å². The number of alkyl halides is 2. The Balaban J connectivity index is 0.679. The van der Waals surface area contributed by atoms with E-state index in [0.29, 0.717) is 5.56 Å². The quantitative estimate of drug-likeness (QED) is 0.00485. The van der Waals surface area contributed by atoms with Crippen LogP contribution in [-0.4, -0.2) is 187 Å². The molecule has 4 aromatic heterocycles. The number of rotatable bonds is 24. The SMILES string of the molecule is CC(C)[C@H](NC(=O)CCOCCC(=O)Oc1c(F)c(F)c(F)c(F)c1F)C(=O)N[C@@H](CCCNC(N)=O)C(=O)Nc1ccc(COC(=O)N2C[C@@H](F)C[C@H]2COC(=O)Nc2ncnc3c2ncn3[C@H]2C[C@@H]3O[P@](=O)(S)OC[C@H]4O[C@@H](n5cnc6c(N)ncnc65)[C@H](F)[C@@H]4O[P@@](=O)(S)OC[C@H]3O2)cc1. The second kappa shape index (κ2) is 33.5. The second-order valence-electron chi connectivity index (χ2n) is 23.6. The van der Waals surface area contributed by atoms with Crippen LogP contribution in [0.15, 0.2) is 49.6 Å². The molecule has 13 atom stereocenters. The fraction of sp³-hybridized carbons (Fsp3) is 0.491. The molecule has 558 valence electrons. The molecule has 9 N–H and O–H groups in total. The van der Waals surface area contributed by atoms with E-state index in [1.54, 1.807) is 13.8 Å². The zero-order chi connectivity index (χ0) is 74.2. The van der Waals surface area contributed by atoms with Crippen LogP contribution in [0, 0.1) is 35.0 Å². The number of imidazole rings is 2. The molecule has 103 heavy (non-hydrogen) atoms. The number of esters is 1. The summed E-state index contributed by atoms with van der Waals surface area (Å²) in [6, 6.07) is 1.54. The number of fused-ring (bicyclic) bond motifs is 4. The molecule has 0 saturated carbocycles. The Bertz CT molecular complexity index is 4230. The predicted octanol–water partition coefficient (Wildman–Crippen LogP) is 6.07. The summed E-state index contributed by atoms with van der Waals surface area (Å²) in [5, 5.41) is 12.6. The number of nitrogens with two attached hydrogens (primary N) is 2. The Labute approximate surface area is 587 Å². The van der Waals surface area contributed by atoms with Crippen molar-refractivity contribution < 1.29 is 120 Å². The van der Waals surface area contributed by atoms with Crippen LogP contribution in [0.1, 0.15) is 70.4 Å². The molecule has 0 bridgehead atoms. The van der Waals surface area contributed by atoms with Crippen LogP contribution in [0.25, 0.3) is 22.3 Å². The molecule has 46 heteroatoms. The highest BCUT2D eigenvalue weighted by atomic mass is 32.7. The van der Waals surface area contributed by atoms with Crippen molar-refractivity contribution in [3.63, 3.8) is 0 Å². The molecule has 4 aliphatic rings.